The summed E-state index contributed by atoms with van der Waals surface area (Å²) in [6.07, 6.45) is 0.993. The van der Waals surface area contributed by atoms with Gasteiger partial charge in [0.2, 0.25) is 15.9 Å². The third kappa shape index (κ3) is 6.26. The van der Waals surface area contributed by atoms with Crippen molar-refractivity contribution in [1.82, 2.24) is 0 Å². The smallest absolute Gasteiger partial charge is 0.261 e. The summed E-state index contributed by atoms with van der Waals surface area (Å²) in [5.74, 6) is 0.223. The third-order valence-electron chi connectivity index (χ3n) is 5.48. The number of nitrogens with one attached hydrogen (secondary N) is 2. The van der Waals surface area contributed by atoms with E-state index in [-0.39, 0.29) is 27.0 Å². The Morgan fingerprint density at radius 1 is 0.921 bits per heavy atom. The maximum absolute atomic E-state index is 13.0. The van der Waals surface area contributed by atoms with Crippen molar-refractivity contribution in [2.24, 2.45) is 0 Å². The van der Waals surface area contributed by atoms with Gasteiger partial charge in [-0.05, 0) is 61.5 Å². The lowest BCUT2D eigenvalue weighted by Gasteiger charge is -2.29. The van der Waals surface area contributed by atoms with E-state index in [1.54, 1.807) is 6.07 Å². The molecule has 3 aromatic rings. The molecule has 0 unspecified atom stereocenters. The normalized spacial score (nSPS) is 13.9. The second-order valence-corrected chi connectivity index (χ2v) is 12.7. The van der Waals surface area contributed by atoms with Gasteiger partial charge in [-0.2, -0.15) is 0 Å². The summed E-state index contributed by atoms with van der Waals surface area (Å²) >= 11 is 11.9. The molecule has 3 aromatic carbocycles. The Morgan fingerprint density at radius 3 is 2.21 bits per heavy atom. The Hall–Kier alpha value is -3.19. The second-order valence-electron chi connectivity index (χ2n) is 8.31. The molecule has 0 saturated heterocycles. The predicted octanol–water partition coefficient (Wildman–Crippen LogP) is 4.36. The monoisotopic (exact) mass is 599 g/mol. The Morgan fingerprint density at radius 2 is 1.58 bits per heavy atom. The van der Waals surface area contributed by atoms with E-state index in [2.05, 4.69) is 10.0 Å². The maximum atomic E-state index is 13.0. The number of carbonyl (C=O) groups excluding carboxylic acids is 1. The van der Waals surface area contributed by atoms with Crippen LogP contribution in [-0.4, -0.2) is 48.3 Å². The van der Waals surface area contributed by atoms with Gasteiger partial charge in [-0.1, -0.05) is 23.2 Å². The van der Waals surface area contributed by atoms with Crippen molar-refractivity contribution in [3.8, 4) is 11.5 Å². The van der Waals surface area contributed by atoms with Gasteiger partial charge in [0.1, 0.15) is 19.3 Å². The molecule has 202 valence electrons. The molecule has 2 N–H and O–H groups in total. The van der Waals surface area contributed by atoms with Gasteiger partial charge in [-0.25, -0.2) is 16.8 Å². The van der Waals surface area contributed by atoms with Crippen LogP contribution in [0.25, 0.3) is 0 Å². The van der Waals surface area contributed by atoms with Gasteiger partial charge in [-0.15, -0.1) is 0 Å². The summed E-state index contributed by atoms with van der Waals surface area (Å²) in [6, 6.07) is 13.2. The molecule has 0 radical (unpaired) electrons. The van der Waals surface area contributed by atoms with Gasteiger partial charge < -0.3 is 14.8 Å². The minimum absolute atomic E-state index is 0.0800. The van der Waals surface area contributed by atoms with Crippen molar-refractivity contribution in [3.63, 3.8) is 0 Å². The summed E-state index contributed by atoms with van der Waals surface area (Å²) in [5, 5.41) is 3.11. The van der Waals surface area contributed by atoms with Crippen LogP contribution in [0, 0.1) is 0 Å². The largest absolute Gasteiger partial charge is 0.486 e. The van der Waals surface area contributed by atoms with Gasteiger partial charge in [0.15, 0.2) is 11.5 Å². The molecule has 0 spiro atoms. The van der Waals surface area contributed by atoms with Crippen molar-refractivity contribution in [2.45, 2.75) is 17.9 Å². The molecule has 4 rings (SSSR count). The van der Waals surface area contributed by atoms with Gasteiger partial charge in [0, 0.05) is 16.8 Å². The number of rotatable bonds is 8. The van der Waals surface area contributed by atoms with Gasteiger partial charge >= 0.3 is 0 Å². The van der Waals surface area contributed by atoms with Crippen LogP contribution >= 0.6 is 23.2 Å². The minimum Gasteiger partial charge on any atom is -0.486 e. The van der Waals surface area contributed by atoms with Crippen molar-refractivity contribution < 1.29 is 31.1 Å². The fraction of sp³-hybridized carbons (Fsp3) is 0.208. The Kier molecular flexibility index (Phi) is 7.98. The van der Waals surface area contributed by atoms with Crippen molar-refractivity contribution in [1.29, 1.82) is 0 Å². The number of hydrogen-bond acceptors (Lipinski definition) is 7. The summed E-state index contributed by atoms with van der Waals surface area (Å²) in [5.41, 5.74) is 0.649. The lowest BCUT2D eigenvalue weighted by atomic mass is 10.2. The molecule has 1 amide bonds. The molecule has 38 heavy (non-hydrogen) atoms. The first kappa shape index (κ1) is 27.8. The van der Waals surface area contributed by atoms with E-state index in [4.69, 9.17) is 32.7 Å². The fourth-order valence-electron chi connectivity index (χ4n) is 3.72. The van der Waals surface area contributed by atoms with Crippen molar-refractivity contribution in [2.75, 3.05) is 33.8 Å². The summed E-state index contributed by atoms with van der Waals surface area (Å²) in [7, 11) is -7.86. The number of amides is 1. The quantitative estimate of drug-likeness (QED) is 0.393. The second kappa shape index (κ2) is 10.9. The highest BCUT2D eigenvalue weighted by Crippen LogP contribution is 2.35. The van der Waals surface area contributed by atoms with E-state index in [0.717, 1.165) is 10.6 Å². The van der Waals surface area contributed by atoms with Crippen LogP contribution in [-0.2, 0) is 24.8 Å². The zero-order chi connectivity index (χ0) is 27.7. The Labute approximate surface area is 230 Å². The van der Waals surface area contributed by atoms with Crippen molar-refractivity contribution in [3.05, 3.63) is 70.7 Å². The number of halogens is 2. The summed E-state index contributed by atoms with van der Waals surface area (Å²) in [6.45, 7) is 2.14. The first-order chi connectivity index (χ1) is 17.8. The van der Waals surface area contributed by atoms with Crippen LogP contribution in [0.4, 0.5) is 17.1 Å². The van der Waals surface area contributed by atoms with E-state index in [0.29, 0.717) is 29.7 Å². The summed E-state index contributed by atoms with van der Waals surface area (Å²) < 4.78 is 65.1. The van der Waals surface area contributed by atoms with Crippen LogP contribution < -0.4 is 23.8 Å². The first-order valence-corrected chi connectivity index (χ1v) is 15.2. The highest BCUT2D eigenvalue weighted by atomic mass is 35.5. The number of anilines is 3. The lowest BCUT2D eigenvalue weighted by Crippen LogP contribution is -2.45. The highest BCUT2D eigenvalue weighted by Gasteiger charge is 2.30. The number of sulfonamides is 2. The molecule has 0 aliphatic carbocycles. The molecule has 1 heterocycles. The average Bonchev–Trinajstić information content (AvgIpc) is 2.85. The Balaban J connectivity index is 1.50. The number of benzene rings is 3. The molecule has 0 saturated carbocycles. The zero-order valence-electron chi connectivity index (χ0n) is 20.1. The fourth-order valence-corrected chi connectivity index (χ4v) is 6.48. The highest BCUT2D eigenvalue weighted by molar-refractivity contribution is 7.92. The molecular formula is C24H23Cl2N3O7S2. The molecule has 1 aliphatic heterocycles. The number of nitrogens with zero attached hydrogens (tertiary/aromatic N) is 1. The van der Waals surface area contributed by atoms with Crippen LogP contribution in [0.1, 0.15) is 6.92 Å². The standard InChI is InChI=1S/C24H23Cl2N3O7S2/c1-15(29(37(2,31)32)18-6-10-22-23(14-18)36-12-11-35-22)24(30)27-17-4-7-19(8-5-17)38(33,34)28-21-9-3-16(25)13-20(21)26/h3-10,13-15,28H,11-12H2,1-2H3,(H,27,30)/t15-/m1/s1. The van der Waals surface area contributed by atoms with E-state index in [1.807, 2.05) is 0 Å². The summed E-state index contributed by atoms with van der Waals surface area (Å²) in [4.78, 5) is 12.9. The van der Waals surface area contributed by atoms with E-state index < -0.39 is 32.0 Å². The maximum Gasteiger partial charge on any atom is 0.261 e. The number of fused-ring (bicyclic) bond motifs is 1. The van der Waals surface area contributed by atoms with Crippen LogP contribution in [0.3, 0.4) is 0 Å². The molecule has 10 nitrogen and oxygen atoms in total. The molecule has 0 aromatic heterocycles. The SMILES string of the molecule is C[C@H](C(=O)Nc1ccc(S(=O)(=O)Nc2ccc(Cl)cc2Cl)cc1)N(c1ccc2c(c1)OCCO2)S(C)(=O)=O. The molecule has 1 atom stereocenters. The van der Waals surface area contributed by atoms with Crippen LogP contribution in [0.5, 0.6) is 11.5 Å². The van der Waals surface area contributed by atoms with Crippen molar-refractivity contribution >= 4 is 66.2 Å². The molecule has 0 bridgehead atoms. The first-order valence-electron chi connectivity index (χ1n) is 11.1. The molecule has 0 fully saturated rings. The number of ether oxygens (including phenoxy) is 2. The lowest BCUT2D eigenvalue weighted by molar-refractivity contribution is -0.116. The minimum atomic E-state index is -3.99. The van der Waals surface area contributed by atoms with Gasteiger partial charge in [-0.3, -0.25) is 13.8 Å². The number of hydrogen-bond donors (Lipinski definition) is 2. The predicted molar refractivity (Wildman–Crippen MR) is 147 cm³/mol. The third-order valence-corrected chi connectivity index (χ3v) is 8.65. The molecule has 1 aliphatic rings. The van der Waals surface area contributed by atoms with E-state index >= 15 is 0 Å². The average molecular weight is 601 g/mol. The van der Waals surface area contributed by atoms with Gasteiger partial charge in [0.05, 0.1) is 27.5 Å². The molecular weight excluding hydrogens is 577 g/mol. The zero-order valence-corrected chi connectivity index (χ0v) is 23.3. The van der Waals surface area contributed by atoms with E-state index in [9.17, 15) is 21.6 Å². The van der Waals surface area contributed by atoms with Crippen LogP contribution in [0.15, 0.2) is 65.6 Å². The van der Waals surface area contributed by atoms with E-state index in [1.165, 1.54) is 61.5 Å². The topological polar surface area (TPSA) is 131 Å². The van der Waals surface area contributed by atoms with Crippen LogP contribution in [0.2, 0.25) is 10.0 Å². The van der Waals surface area contributed by atoms with Gasteiger partial charge in [0.25, 0.3) is 10.0 Å². The number of carbonyl (C=O) groups is 1. The molecule has 14 heteroatoms. The Bertz CT molecular complexity index is 1580.